The summed E-state index contributed by atoms with van der Waals surface area (Å²) >= 11 is 0. The molecule has 1 aromatic carbocycles. The minimum Gasteiger partial charge on any atom is -0.473 e. The van der Waals surface area contributed by atoms with Crippen molar-refractivity contribution in [3.05, 3.63) is 47.4 Å². The molecule has 1 aromatic heterocycles. The summed E-state index contributed by atoms with van der Waals surface area (Å²) in [6, 6.07) is 8.80. The fourth-order valence-corrected chi connectivity index (χ4v) is 3.46. The molecule has 130 valence electrons. The maximum Gasteiger partial charge on any atom is 0.212 e. The summed E-state index contributed by atoms with van der Waals surface area (Å²) in [6.45, 7) is 3.31. The summed E-state index contributed by atoms with van der Waals surface area (Å²) in [5.74, 6) is 1.24. The molecule has 0 atom stereocenters. The van der Waals surface area contributed by atoms with Crippen LogP contribution < -0.4 is 4.74 Å². The molecule has 0 N–H and O–H groups in total. The van der Waals surface area contributed by atoms with Gasteiger partial charge in [-0.15, -0.1) is 0 Å². The molecule has 3 rings (SSSR count). The molecule has 24 heavy (non-hydrogen) atoms. The lowest BCUT2D eigenvalue weighted by atomic mass is 9.89. The number of ether oxygens (including phenoxy) is 1. The lowest BCUT2D eigenvalue weighted by Gasteiger charge is -2.22. The Labute approximate surface area is 143 Å². The fraction of sp³-hybridized carbons (Fsp3) is 0.550. The van der Waals surface area contributed by atoms with Crippen LogP contribution in [0.1, 0.15) is 56.7 Å². The van der Waals surface area contributed by atoms with E-state index in [0.29, 0.717) is 11.5 Å². The Hall–Kier alpha value is -1.84. The first kappa shape index (κ1) is 17.0. The first-order chi connectivity index (χ1) is 11.8. The van der Waals surface area contributed by atoms with Crippen LogP contribution in [-0.4, -0.2) is 9.78 Å². The van der Waals surface area contributed by atoms with E-state index in [0.717, 1.165) is 31.0 Å². The normalized spacial score (nSPS) is 15.6. The third kappa shape index (κ3) is 4.37. The molecule has 4 heteroatoms. The van der Waals surface area contributed by atoms with Gasteiger partial charge in [0.15, 0.2) is 0 Å². The van der Waals surface area contributed by atoms with Gasteiger partial charge in [-0.05, 0) is 31.2 Å². The minimum absolute atomic E-state index is 0.218. The van der Waals surface area contributed by atoms with Crippen molar-refractivity contribution < 1.29 is 9.13 Å². The van der Waals surface area contributed by atoms with E-state index in [1.165, 1.54) is 38.2 Å². The minimum atomic E-state index is -0.218. The van der Waals surface area contributed by atoms with Crippen molar-refractivity contribution in [1.29, 1.82) is 0 Å². The number of benzene rings is 1. The zero-order valence-electron chi connectivity index (χ0n) is 14.5. The Morgan fingerprint density at radius 1 is 1.21 bits per heavy atom. The van der Waals surface area contributed by atoms with Gasteiger partial charge < -0.3 is 4.74 Å². The summed E-state index contributed by atoms with van der Waals surface area (Å²) in [7, 11) is 0. The van der Waals surface area contributed by atoms with Crippen LogP contribution in [0.25, 0.3) is 0 Å². The zero-order valence-corrected chi connectivity index (χ0v) is 14.5. The van der Waals surface area contributed by atoms with Crippen molar-refractivity contribution in [3.8, 4) is 5.88 Å². The van der Waals surface area contributed by atoms with Gasteiger partial charge in [-0.1, -0.05) is 50.8 Å². The quantitative estimate of drug-likeness (QED) is 0.703. The lowest BCUT2D eigenvalue weighted by molar-refractivity contribution is 0.242. The molecule has 0 bridgehead atoms. The van der Waals surface area contributed by atoms with Crippen LogP contribution in [0.5, 0.6) is 5.88 Å². The molecule has 1 heterocycles. The molecule has 0 unspecified atom stereocenters. The lowest BCUT2D eigenvalue weighted by Crippen LogP contribution is -2.16. The van der Waals surface area contributed by atoms with Crippen molar-refractivity contribution >= 4 is 0 Å². The van der Waals surface area contributed by atoms with E-state index in [9.17, 15) is 4.39 Å². The SMILES string of the molecule is CCCc1cc(OCc2ccccc2F)n(CC2CCCCC2)n1. The number of hydrogen-bond acceptors (Lipinski definition) is 2. The van der Waals surface area contributed by atoms with E-state index >= 15 is 0 Å². The monoisotopic (exact) mass is 330 g/mol. The van der Waals surface area contributed by atoms with Crippen molar-refractivity contribution in [2.24, 2.45) is 5.92 Å². The molecule has 0 aliphatic heterocycles. The van der Waals surface area contributed by atoms with Crippen LogP contribution in [0.3, 0.4) is 0 Å². The topological polar surface area (TPSA) is 27.1 Å². The number of aryl methyl sites for hydroxylation is 1. The molecule has 0 radical (unpaired) electrons. The average molecular weight is 330 g/mol. The van der Waals surface area contributed by atoms with Crippen LogP contribution in [-0.2, 0) is 19.6 Å². The fourth-order valence-electron chi connectivity index (χ4n) is 3.46. The van der Waals surface area contributed by atoms with Crippen LogP contribution >= 0.6 is 0 Å². The van der Waals surface area contributed by atoms with E-state index < -0.39 is 0 Å². The van der Waals surface area contributed by atoms with Crippen LogP contribution in [0, 0.1) is 11.7 Å². The van der Waals surface area contributed by atoms with Gasteiger partial charge in [0.05, 0.1) is 5.69 Å². The Balaban J connectivity index is 1.71. The summed E-state index contributed by atoms with van der Waals surface area (Å²) in [5, 5.41) is 4.73. The molecule has 2 aromatic rings. The number of aromatic nitrogens is 2. The number of halogens is 1. The Morgan fingerprint density at radius 3 is 2.75 bits per heavy atom. The van der Waals surface area contributed by atoms with E-state index in [1.54, 1.807) is 12.1 Å². The molecule has 0 amide bonds. The first-order valence-corrected chi connectivity index (χ1v) is 9.19. The van der Waals surface area contributed by atoms with Gasteiger partial charge in [0.25, 0.3) is 0 Å². The Bertz CT molecular complexity index is 647. The highest BCUT2D eigenvalue weighted by molar-refractivity contribution is 5.20. The maximum absolute atomic E-state index is 13.8. The van der Waals surface area contributed by atoms with Crippen LogP contribution in [0.2, 0.25) is 0 Å². The second kappa shape index (κ2) is 8.32. The highest BCUT2D eigenvalue weighted by Gasteiger charge is 2.18. The summed E-state index contributed by atoms with van der Waals surface area (Å²) in [5.41, 5.74) is 1.65. The molecule has 1 saturated carbocycles. The predicted molar refractivity (Wildman–Crippen MR) is 93.5 cm³/mol. The number of hydrogen-bond donors (Lipinski definition) is 0. The Morgan fingerprint density at radius 2 is 2.00 bits per heavy atom. The molecule has 0 spiro atoms. The van der Waals surface area contributed by atoms with Gasteiger partial charge in [-0.2, -0.15) is 5.10 Å². The molecule has 0 saturated heterocycles. The first-order valence-electron chi connectivity index (χ1n) is 9.19. The molecule has 3 nitrogen and oxygen atoms in total. The largest absolute Gasteiger partial charge is 0.473 e. The smallest absolute Gasteiger partial charge is 0.212 e. The van der Waals surface area contributed by atoms with Crippen molar-refractivity contribution in [1.82, 2.24) is 9.78 Å². The third-order valence-electron chi connectivity index (χ3n) is 4.79. The maximum atomic E-state index is 13.8. The van der Waals surface area contributed by atoms with Crippen LogP contribution in [0.15, 0.2) is 30.3 Å². The van der Waals surface area contributed by atoms with Crippen molar-refractivity contribution in [2.45, 2.75) is 65.0 Å². The zero-order chi connectivity index (χ0) is 16.8. The Kier molecular flexibility index (Phi) is 5.89. The second-order valence-corrected chi connectivity index (χ2v) is 6.79. The van der Waals surface area contributed by atoms with Gasteiger partial charge in [-0.3, -0.25) is 0 Å². The van der Waals surface area contributed by atoms with Crippen molar-refractivity contribution in [3.63, 3.8) is 0 Å². The molecular formula is C20H27FN2O. The second-order valence-electron chi connectivity index (χ2n) is 6.79. The average Bonchev–Trinajstić information content (AvgIpc) is 2.97. The van der Waals surface area contributed by atoms with Gasteiger partial charge >= 0.3 is 0 Å². The molecule has 1 fully saturated rings. The van der Waals surface area contributed by atoms with Gasteiger partial charge in [0.1, 0.15) is 12.4 Å². The standard InChI is InChI=1S/C20H27FN2O/c1-2-8-18-13-20(24-15-17-11-6-7-12-19(17)21)23(22-18)14-16-9-4-3-5-10-16/h6-7,11-13,16H,2-5,8-10,14-15H2,1H3. The van der Waals surface area contributed by atoms with E-state index in [1.807, 2.05) is 16.8 Å². The molecular weight excluding hydrogens is 303 g/mol. The van der Waals surface area contributed by atoms with Gasteiger partial charge in [-0.25, -0.2) is 9.07 Å². The van der Waals surface area contributed by atoms with E-state index in [2.05, 4.69) is 6.92 Å². The molecule has 1 aliphatic rings. The summed E-state index contributed by atoms with van der Waals surface area (Å²) in [6.07, 6.45) is 8.55. The van der Waals surface area contributed by atoms with Crippen LogP contribution in [0.4, 0.5) is 4.39 Å². The summed E-state index contributed by atoms with van der Waals surface area (Å²) < 4.78 is 21.7. The molecule has 1 aliphatic carbocycles. The third-order valence-corrected chi connectivity index (χ3v) is 4.79. The number of rotatable bonds is 7. The highest BCUT2D eigenvalue weighted by atomic mass is 19.1. The van der Waals surface area contributed by atoms with Gasteiger partial charge in [0, 0.05) is 18.2 Å². The number of nitrogens with zero attached hydrogens (tertiary/aromatic N) is 2. The van der Waals surface area contributed by atoms with E-state index in [4.69, 9.17) is 9.84 Å². The van der Waals surface area contributed by atoms with E-state index in [-0.39, 0.29) is 12.4 Å². The van der Waals surface area contributed by atoms with Gasteiger partial charge in [0.2, 0.25) is 5.88 Å². The summed E-state index contributed by atoms with van der Waals surface area (Å²) in [4.78, 5) is 0. The highest BCUT2D eigenvalue weighted by Crippen LogP contribution is 2.27. The predicted octanol–water partition coefficient (Wildman–Crippen LogP) is 5.13. The van der Waals surface area contributed by atoms with Crippen molar-refractivity contribution in [2.75, 3.05) is 0 Å².